The van der Waals surface area contributed by atoms with E-state index in [9.17, 15) is 0 Å². The van der Waals surface area contributed by atoms with Crippen LogP contribution in [0.4, 0.5) is 0 Å². The third kappa shape index (κ3) is 3.22. The van der Waals surface area contributed by atoms with Crippen LogP contribution < -0.4 is 0 Å². The molecule has 0 bridgehead atoms. The minimum absolute atomic E-state index is 0.888. The Bertz CT molecular complexity index is 2990. The average molecular weight is 589 g/mol. The van der Waals surface area contributed by atoms with Crippen molar-refractivity contribution in [3.63, 3.8) is 0 Å². The Morgan fingerprint density at radius 2 is 0.935 bits per heavy atom. The molecule has 1 N–H and O–H groups in total. The van der Waals surface area contributed by atoms with E-state index in [1.165, 1.54) is 27.2 Å². The van der Waals surface area contributed by atoms with E-state index in [4.69, 9.17) is 8.83 Å². The normalized spacial score (nSPS) is 12.3. The van der Waals surface area contributed by atoms with Crippen molar-refractivity contribution in [2.75, 3.05) is 0 Å². The van der Waals surface area contributed by atoms with Gasteiger partial charge in [0.05, 0.1) is 11.0 Å². The maximum absolute atomic E-state index is 6.43. The highest BCUT2D eigenvalue weighted by atomic mass is 16.3. The zero-order chi connectivity index (χ0) is 29.9. The minimum atomic E-state index is 0.888. The fourth-order valence-corrected chi connectivity index (χ4v) is 7.59. The van der Waals surface area contributed by atoms with Gasteiger partial charge in [0, 0.05) is 59.8 Å². The molecule has 0 spiro atoms. The van der Waals surface area contributed by atoms with Gasteiger partial charge in [-0.1, -0.05) is 72.8 Å². The number of benzene rings is 7. The molecule has 0 aliphatic rings. The maximum atomic E-state index is 6.43. The molecule has 0 saturated heterocycles. The van der Waals surface area contributed by atoms with Gasteiger partial charge in [-0.05, 0) is 77.9 Å². The fraction of sp³-hybridized carbons (Fsp3) is 0. The van der Waals surface area contributed by atoms with E-state index >= 15 is 0 Å². The van der Waals surface area contributed by atoms with Gasteiger partial charge < -0.3 is 18.4 Å². The molecule has 0 radical (unpaired) electrons. The van der Waals surface area contributed by atoms with Gasteiger partial charge >= 0.3 is 0 Å². The van der Waals surface area contributed by atoms with E-state index in [1.807, 2.05) is 12.1 Å². The van der Waals surface area contributed by atoms with Crippen LogP contribution in [-0.2, 0) is 0 Å². The van der Waals surface area contributed by atoms with Crippen LogP contribution in [0.25, 0.3) is 104 Å². The molecule has 4 aromatic heterocycles. The second-order valence-electron chi connectivity index (χ2n) is 12.2. The molecular weight excluding hydrogens is 564 g/mol. The number of aromatic amines is 1. The largest absolute Gasteiger partial charge is 0.456 e. The summed E-state index contributed by atoms with van der Waals surface area (Å²) >= 11 is 0. The second kappa shape index (κ2) is 8.68. The van der Waals surface area contributed by atoms with E-state index in [0.717, 1.165) is 77.1 Å². The predicted molar refractivity (Wildman–Crippen MR) is 190 cm³/mol. The highest BCUT2D eigenvalue weighted by Gasteiger charge is 2.16. The lowest BCUT2D eigenvalue weighted by atomic mass is 10.0. The molecule has 0 unspecified atom stereocenters. The lowest BCUT2D eigenvalue weighted by Crippen LogP contribution is -1.93. The summed E-state index contributed by atoms with van der Waals surface area (Å²) in [4.78, 5) is 3.74. The Balaban J connectivity index is 1.07. The summed E-state index contributed by atoms with van der Waals surface area (Å²) in [5.74, 6) is 0. The number of hydrogen-bond donors (Lipinski definition) is 1. The summed E-state index contributed by atoms with van der Waals surface area (Å²) in [7, 11) is 0. The molecule has 0 amide bonds. The minimum Gasteiger partial charge on any atom is -0.456 e. The summed E-state index contributed by atoms with van der Waals surface area (Å²) < 4.78 is 14.9. The first-order valence-corrected chi connectivity index (χ1v) is 15.6. The summed E-state index contributed by atoms with van der Waals surface area (Å²) in [5.41, 5.74) is 11.7. The van der Waals surface area contributed by atoms with E-state index in [2.05, 4.69) is 137 Å². The number of nitrogens with one attached hydrogen (secondary N) is 1. The van der Waals surface area contributed by atoms with Crippen LogP contribution in [0.2, 0.25) is 0 Å². The lowest BCUT2D eigenvalue weighted by Gasteiger charge is -2.08. The van der Waals surface area contributed by atoms with Crippen LogP contribution in [0.5, 0.6) is 0 Å². The molecule has 0 aliphatic carbocycles. The Hall–Kier alpha value is -6.26. The zero-order valence-electron chi connectivity index (χ0n) is 24.5. The topological polar surface area (TPSA) is 47.0 Å². The summed E-state index contributed by atoms with van der Waals surface area (Å²) in [6.45, 7) is 0. The maximum Gasteiger partial charge on any atom is 0.136 e. The molecule has 0 aliphatic heterocycles. The number of hydrogen-bond acceptors (Lipinski definition) is 2. The molecular formula is C42H24N2O2. The average Bonchev–Trinajstić information content (AvgIpc) is 3.85. The van der Waals surface area contributed by atoms with Crippen molar-refractivity contribution in [3.05, 3.63) is 140 Å². The highest BCUT2D eigenvalue weighted by molar-refractivity contribution is 6.17. The molecule has 11 aromatic rings. The van der Waals surface area contributed by atoms with Crippen molar-refractivity contribution in [3.8, 4) is 16.8 Å². The monoisotopic (exact) mass is 588 g/mol. The first-order valence-electron chi connectivity index (χ1n) is 15.6. The molecule has 214 valence electrons. The molecule has 4 heterocycles. The van der Waals surface area contributed by atoms with E-state index in [0.29, 0.717) is 0 Å². The van der Waals surface area contributed by atoms with E-state index in [1.54, 1.807) is 0 Å². The lowest BCUT2D eigenvalue weighted by molar-refractivity contribution is 0.668. The Morgan fingerprint density at radius 3 is 1.67 bits per heavy atom. The first-order chi connectivity index (χ1) is 22.8. The Kier molecular flexibility index (Phi) is 4.55. The van der Waals surface area contributed by atoms with Crippen LogP contribution in [0.3, 0.4) is 0 Å². The Labute approximate surface area is 261 Å². The smallest absolute Gasteiger partial charge is 0.136 e. The zero-order valence-corrected chi connectivity index (χ0v) is 24.5. The number of rotatable bonds is 2. The van der Waals surface area contributed by atoms with Crippen LogP contribution in [0.15, 0.2) is 148 Å². The van der Waals surface area contributed by atoms with Gasteiger partial charge in [0.15, 0.2) is 0 Å². The van der Waals surface area contributed by atoms with Crippen LogP contribution >= 0.6 is 0 Å². The SMILES string of the molecule is c1ccc2c(c1)oc1ccc(-c3ccc4oc5cc6c(cc5c4c3)[nH]c3cc(-n4c5ccccc5c5ccccc54)ccc36)cc12. The number of para-hydroxylation sites is 3. The van der Waals surface area contributed by atoms with Crippen LogP contribution in [0, 0.1) is 0 Å². The molecule has 0 fully saturated rings. The second-order valence-corrected chi connectivity index (χ2v) is 12.2. The van der Waals surface area contributed by atoms with Gasteiger partial charge in [0.25, 0.3) is 0 Å². The van der Waals surface area contributed by atoms with Gasteiger partial charge in [-0.15, -0.1) is 0 Å². The quantitative estimate of drug-likeness (QED) is 0.218. The van der Waals surface area contributed by atoms with Crippen molar-refractivity contribution in [2.45, 2.75) is 0 Å². The van der Waals surface area contributed by atoms with Crippen LogP contribution in [0.1, 0.15) is 0 Å². The molecule has 4 nitrogen and oxygen atoms in total. The molecule has 46 heavy (non-hydrogen) atoms. The predicted octanol–water partition coefficient (Wildman–Crippen LogP) is 11.9. The number of fused-ring (bicyclic) bond motifs is 12. The summed E-state index contributed by atoms with van der Waals surface area (Å²) in [5, 5.41) is 9.35. The van der Waals surface area contributed by atoms with Crippen molar-refractivity contribution in [1.82, 2.24) is 9.55 Å². The van der Waals surface area contributed by atoms with E-state index < -0.39 is 0 Å². The molecule has 11 rings (SSSR count). The Morgan fingerprint density at radius 1 is 0.370 bits per heavy atom. The van der Waals surface area contributed by atoms with Gasteiger partial charge in [-0.3, -0.25) is 0 Å². The van der Waals surface area contributed by atoms with Crippen molar-refractivity contribution < 1.29 is 8.83 Å². The number of nitrogens with zero attached hydrogens (tertiary/aromatic N) is 1. The first kappa shape index (κ1) is 24.1. The highest BCUT2D eigenvalue weighted by Crippen LogP contribution is 2.39. The van der Waals surface area contributed by atoms with Gasteiger partial charge in [-0.25, -0.2) is 0 Å². The van der Waals surface area contributed by atoms with Crippen molar-refractivity contribution in [2.24, 2.45) is 0 Å². The van der Waals surface area contributed by atoms with Gasteiger partial charge in [0.1, 0.15) is 22.3 Å². The standard InChI is InChI=1S/C42H24N2O2/c1-4-10-37-28(7-1)29-8-2-5-11-38(29)44(37)26-15-16-27-31-23-42-34(22-36(31)43-35(27)21-26)33-20-25(14-18-41(33)46-42)24-13-17-40-32(19-24)30-9-3-6-12-39(30)45-40/h1-23,43H. The van der Waals surface area contributed by atoms with Gasteiger partial charge in [-0.2, -0.15) is 0 Å². The van der Waals surface area contributed by atoms with E-state index in [-0.39, 0.29) is 0 Å². The van der Waals surface area contributed by atoms with Crippen molar-refractivity contribution in [1.29, 1.82) is 0 Å². The van der Waals surface area contributed by atoms with Gasteiger partial charge in [0.2, 0.25) is 0 Å². The molecule has 0 saturated carbocycles. The third-order valence-corrected chi connectivity index (χ3v) is 9.72. The number of aromatic nitrogens is 2. The number of furan rings is 2. The molecule has 0 atom stereocenters. The number of H-pyrrole nitrogens is 1. The third-order valence-electron chi connectivity index (χ3n) is 9.72. The summed E-state index contributed by atoms with van der Waals surface area (Å²) in [6.07, 6.45) is 0. The fourth-order valence-electron chi connectivity index (χ4n) is 7.59. The van der Waals surface area contributed by atoms with Crippen molar-refractivity contribution >= 4 is 87.5 Å². The summed E-state index contributed by atoms with van der Waals surface area (Å²) in [6, 6.07) is 49.6. The van der Waals surface area contributed by atoms with Crippen LogP contribution in [-0.4, -0.2) is 9.55 Å². The molecule has 7 aromatic carbocycles. The molecule has 4 heteroatoms.